The fraction of sp³-hybridized carbons (Fsp3) is 0.333. The van der Waals surface area contributed by atoms with E-state index in [1.807, 2.05) is 6.92 Å². The minimum atomic E-state index is -3.53. The molecule has 6 nitrogen and oxygen atoms in total. The average molecular weight is 359 g/mol. The monoisotopic (exact) mass is 359 g/mol. The molecular weight excluding hydrogens is 338 g/mol. The van der Waals surface area contributed by atoms with Crippen LogP contribution in [0.4, 0.5) is 0 Å². The molecule has 25 heavy (non-hydrogen) atoms. The van der Waals surface area contributed by atoms with E-state index >= 15 is 0 Å². The maximum atomic E-state index is 12.4. The Balaban J connectivity index is 1.59. The molecule has 1 aromatic carbocycles. The second-order valence-electron chi connectivity index (χ2n) is 6.22. The standard InChI is InChI=1S/C18H21N3O3S/c1-14-5-7-16(8-6-14)25(23,24)20-15-9-12-21(13-10-15)18(22)17-4-2-3-11-19-17/h2-8,11,15,20H,9-10,12-13H2,1H3. The molecule has 132 valence electrons. The molecule has 0 spiro atoms. The number of likely N-dealkylation sites (tertiary alicyclic amines) is 1. The third-order valence-electron chi connectivity index (χ3n) is 4.32. The Kier molecular flexibility index (Phi) is 5.15. The summed E-state index contributed by atoms with van der Waals surface area (Å²) in [7, 11) is -3.53. The molecule has 0 bridgehead atoms. The Labute approximate surface area is 147 Å². The molecule has 1 saturated heterocycles. The van der Waals surface area contributed by atoms with Crippen LogP contribution in [-0.4, -0.2) is 43.3 Å². The van der Waals surface area contributed by atoms with Crippen molar-refractivity contribution in [1.82, 2.24) is 14.6 Å². The fourth-order valence-corrected chi connectivity index (χ4v) is 4.16. The summed E-state index contributed by atoms with van der Waals surface area (Å²) in [5.74, 6) is -0.111. The van der Waals surface area contributed by atoms with Crippen LogP contribution in [0.15, 0.2) is 53.6 Å². The summed E-state index contributed by atoms with van der Waals surface area (Å²) >= 11 is 0. The highest BCUT2D eigenvalue weighted by Gasteiger charge is 2.27. The molecular formula is C18H21N3O3S. The number of nitrogens with one attached hydrogen (secondary N) is 1. The van der Waals surface area contributed by atoms with E-state index in [9.17, 15) is 13.2 Å². The molecule has 3 rings (SSSR count). The predicted molar refractivity (Wildman–Crippen MR) is 94.7 cm³/mol. The number of rotatable bonds is 4. The summed E-state index contributed by atoms with van der Waals surface area (Å²) in [6, 6.07) is 11.8. The first-order valence-electron chi connectivity index (χ1n) is 8.25. The quantitative estimate of drug-likeness (QED) is 0.905. The summed E-state index contributed by atoms with van der Waals surface area (Å²) in [6.07, 6.45) is 2.77. The lowest BCUT2D eigenvalue weighted by molar-refractivity contribution is 0.0705. The molecule has 0 atom stereocenters. The van der Waals surface area contributed by atoms with Gasteiger partial charge in [-0.15, -0.1) is 0 Å². The van der Waals surface area contributed by atoms with Crippen LogP contribution in [0.2, 0.25) is 0 Å². The van der Waals surface area contributed by atoms with Gasteiger partial charge >= 0.3 is 0 Å². The molecule has 1 aliphatic heterocycles. The van der Waals surface area contributed by atoms with E-state index in [2.05, 4.69) is 9.71 Å². The second-order valence-corrected chi connectivity index (χ2v) is 7.93. The summed E-state index contributed by atoms with van der Waals surface area (Å²) in [6.45, 7) is 2.94. The van der Waals surface area contributed by atoms with Gasteiger partial charge in [0.05, 0.1) is 4.90 Å². The van der Waals surface area contributed by atoms with Gasteiger partial charge in [0.15, 0.2) is 0 Å². The number of sulfonamides is 1. The van der Waals surface area contributed by atoms with Crippen molar-refractivity contribution < 1.29 is 13.2 Å². The van der Waals surface area contributed by atoms with E-state index in [0.29, 0.717) is 31.6 Å². The lowest BCUT2D eigenvalue weighted by Gasteiger charge is -2.32. The van der Waals surface area contributed by atoms with Crippen molar-refractivity contribution in [3.63, 3.8) is 0 Å². The third kappa shape index (κ3) is 4.24. The van der Waals surface area contributed by atoms with Crippen molar-refractivity contribution in [2.45, 2.75) is 30.7 Å². The maximum Gasteiger partial charge on any atom is 0.272 e. The first kappa shape index (κ1) is 17.6. The molecule has 2 aromatic rings. The molecule has 0 saturated carbocycles. The van der Waals surface area contributed by atoms with Crippen LogP contribution in [0.5, 0.6) is 0 Å². The number of carbonyl (C=O) groups excluding carboxylic acids is 1. The normalized spacial score (nSPS) is 16.0. The molecule has 1 amide bonds. The van der Waals surface area contributed by atoms with Gasteiger partial charge in [0.1, 0.15) is 5.69 Å². The van der Waals surface area contributed by atoms with Gasteiger partial charge in [-0.3, -0.25) is 9.78 Å². The highest BCUT2D eigenvalue weighted by atomic mass is 32.2. The molecule has 1 N–H and O–H groups in total. The lowest BCUT2D eigenvalue weighted by Crippen LogP contribution is -2.46. The van der Waals surface area contributed by atoms with Gasteiger partial charge in [-0.2, -0.15) is 0 Å². The number of pyridine rings is 1. The summed E-state index contributed by atoms with van der Waals surface area (Å²) in [4.78, 5) is 18.4. The molecule has 7 heteroatoms. The Morgan fingerprint density at radius 3 is 2.40 bits per heavy atom. The van der Waals surface area contributed by atoms with E-state index in [1.54, 1.807) is 53.6 Å². The number of piperidine rings is 1. The Bertz CT molecular complexity index is 828. The van der Waals surface area contributed by atoms with Crippen molar-refractivity contribution in [3.05, 3.63) is 59.9 Å². The first-order valence-corrected chi connectivity index (χ1v) is 9.73. The number of hydrogen-bond donors (Lipinski definition) is 1. The zero-order chi connectivity index (χ0) is 17.9. The van der Waals surface area contributed by atoms with Crippen molar-refractivity contribution in [2.75, 3.05) is 13.1 Å². The number of carbonyl (C=O) groups is 1. The molecule has 0 unspecified atom stereocenters. The van der Waals surface area contributed by atoms with Gasteiger partial charge in [-0.05, 0) is 44.0 Å². The highest BCUT2D eigenvalue weighted by molar-refractivity contribution is 7.89. The molecule has 2 heterocycles. The van der Waals surface area contributed by atoms with Crippen molar-refractivity contribution >= 4 is 15.9 Å². The number of amides is 1. The van der Waals surface area contributed by atoms with Crippen LogP contribution in [0, 0.1) is 6.92 Å². The second kappa shape index (κ2) is 7.33. The van der Waals surface area contributed by atoms with Gasteiger partial charge in [0, 0.05) is 25.3 Å². The van der Waals surface area contributed by atoms with E-state index in [1.165, 1.54) is 0 Å². The highest BCUT2D eigenvalue weighted by Crippen LogP contribution is 2.17. The first-order chi connectivity index (χ1) is 12.0. The van der Waals surface area contributed by atoms with Crippen LogP contribution < -0.4 is 4.72 Å². The van der Waals surface area contributed by atoms with Gasteiger partial charge in [-0.25, -0.2) is 13.1 Å². The smallest absolute Gasteiger partial charge is 0.272 e. The summed E-state index contributed by atoms with van der Waals surface area (Å²) < 4.78 is 27.6. The van der Waals surface area contributed by atoms with Gasteiger partial charge in [-0.1, -0.05) is 23.8 Å². The number of nitrogens with zero attached hydrogens (tertiary/aromatic N) is 2. The van der Waals surface area contributed by atoms with Gasteiger partial charge in [0.2, 0.25) is 10.0 Å². The van der Waals surface area contributed by atoms with Crippen LogP contribution in [0.25, 0.3) is 0 Å². The number of hydrogen-bond acceptors (Lipinski definition) is 4. The molecule has 1 fully saturated rings. The van der Waals surface area contributed by atoms with Gasteiger partial charge in [0.25, 0.3) is 5.91 Å². The summed E-state index contributed by atoms with van der Waals surface area (Å²) in [5, 5.41) is 0. The Hall–Kier alpha value is -2.25. The van der Waals surface area contributed by atoms with E-state index in [0.717, 1.165) is 5.56 Å². The number of benzene rings is 1. The van der Waals surface area contributed by atoms with E-state index in [-0.39, 0.29) is 16.8 Å². The molecule has 1 aliphatic rings. The minimum Gasteiger partial charge on any atom is -0.337 e. The third-order valence-corrected chi connectivity index (χ3v) is 5.86. The van der Waals surface area contributed by atoms with Crippen LogP contribution >= 0.6 is 0 Å². The van der Waals surface area contributed by atoms with E-state index in [4.69, 9.17) is 0 Å². The summed E-state index contributed by atoms with van der Waals surface area (Å²) in [5.41, 5.74) is 1.43. The zero-order valence-corrected chi connectivity index (χ0v) is 14.9. The lowest BCUT2D eigenvalue weighted by atomic mass is 10.1. The Morgan fingerprint density at radius 2 is 1.80 bits per heavy atom. The minimum absolute atomic E-state index is 0.111. The zero-order valence-electron chi connectivity index (χ0n) is 14.1. The van der Waals surface area contributed by atoms with Crippen LogP contribution in [0.1, 0.15) is 28.9 Å². The van der Waals surface area contributed by atoms with Crippen LogP contribution in [0.3, 0.4) is 0 Å². The van der Waals surface area contributed by atoms with Crippen molar-refractivity contribution in [3.8, 4) is 0 Å². The van der Waals surface area contributed by atoms with E-state index < -0.39 is 10.0 Å². The topological polar surface area (TPSA) is 79.4 Å². The van der Waals surface area contributed by atoms with Gasteiger partial charge < -0.3 is 4.90 Å². The number of aryl methyl sites for hydroxylation is 1. The molecule has 1 aromatic heterocycles. The largest absolute Gasteiger partial charge is 0.337 e. The SMILES string of the molecule is Cc1ccc(S(=O)(=O)NC2CCN(C(=O)c3ccccn3)CC2)cc1. The average Bonchev–Trinajstić information content (AvgIpc) is 2.62. The molecule has 0 radical (unpaired) electrons. The van der Waals surface area contributed by atoms with Crippen LogP contribution in [-0.2, 0) is 10.0 Å². The predicted octanol–water partition coefficient (Wildman–Crippen LogP) is 1.97. The van der Waals surface area contributed by atoms with Crippen molar-refractivity contribution in [2.24, 2.45) is 0 Å². The molecule has 0 aliphatic carbocycles. The van der Waals surface area contributed by atoms with Crippen molar-refractivity contribution in [1.29, 1.82) is 0 Å². The maximum absolute atomic E-state index is 12.4. The number of aromatic nitrogens is 1. The Morgan fingerprint density at radius 1 is 1.12 bits per heavy atom. The fourth-order valence-electron chi connectivity index (χ4n) is 2.86.